The maximum absolute atomic E-state index is 13.8. The van der Waals surface area contributed by atoms with Gasteiger partial charge in [-0.15, -0.1) is 15.3 Å². The molecule has 1 aromatic carbocycles. The zero-order chi connectivity index (χ0) is 22.1. The predicted molar refractivity (Wildman–Crippen MR) is 87.6 cm³/mol. The Kier molecular flexibility index (Phi) is 5.75. The molecule has 8 nitrogen and oxygen atoms in total. The Morgan fingerprint density at radius 2 is 1.83 bits per heavy atom. The molecule has 0 saturated carbocycles. The molecule has 1 amide bonds. The molecule has 0 spiro atoms. The fourth-order valence-electron chi connectivity index (χ4n) is 2.87. The van der Waals surface area contributed by atoms with Gasteiger partial charge in [-0.2, -0.15) is 13.2 Å². The summed E-state index contributed by atoms with van der Waals surface area (Å²) in [6.45, 7) is -0.538. The minimum atomic E-state index is -4.68. The molecule has 2 N–H and O–H groups in total. The Bertz CT molecular complexity index is 1030. The van der Waals surface area contributed by atoms with Crippen LogP contribution in [0, 0.1) is 17.5 Å². The first-order chi connectivity index (χ1) is 14.1. The van der Waals surface area contributed by atoms with Crippen molar-refractivity contribution in [2.45, 2.75) is 25.7 Å². The van der Waals surface area contributed by atoms with E-state index in [1.807, 2.05) is 0 Å². The summed E-state index contributed by atoms with van der Waals surface area (Å²) in [6.07, 6.45) is -4.19. The Balaban J connectivity index is 1.80. The SMILES string of the molecule is NN=N/C(=C\C(=O)N1CCn2c(nnc2C(F)(F)F)C1)Cc1cc(F)c(F)cc1F. The molecule has 30 heavy (non-hydrogen) atoms. The van der Waals surface area contributed by atoms with E-state index >= 15 is 0 Å². The number of alkyl halides is 3. The van der Waals surface area contributed by atoms with Crippen molar-refractivity contribution in [2.75, 3.05) is 6.54 Å². The average Bonchev–Trinajstić information content (AvgIpc) is 3.09. The van der Waals surface area contributed by atoms with E-state index in [0.717, 1.165) is 15.5 Å². The quantitative estimate of drug-likeness (QED) is 0.200. The summed E-state index contributed by atoms with van der Waals surface area (Å²) in [7, 11) is 0. The topological polar surface area (TPSA) is 102 Å². The Labute approximate surface area is 164 Å². The summed E-state index contributed by atoms with van der Waals surface area (Å²) < 4.78 is 79.8. The van der Waals surface area contributed by atoms with Gasteiger partial charge in [-0.05, 0) is 11.6 Å². The van der Waals surface area contributed by atoms with Crippen LogP contribution in [0.1, 0.15) is 17.2 Å². The van der Waals surface area contributed by atoms with Crippen molar-refractivity contribution < 1.29 is 31.1 Å². The van der Waals surface area contributed by atoms with Gasteiger partial charge in [-0.25, -0.2) is 13.2 Å². The van der Waals surface area contributed by atoms with E-state index in [-0.39, 0.29) is 36.7 Å². The third kappa shape index (κ3) is 4.41. The summed E-state index contributed by atoms with van der Waals surface area (Å²) in [5.74, 6) is -0.684. The molecule has 0 radical (unpaired) electrons. The highest BCUT2D eigenvalue weighted by molar-refractivity contribution is 5.88. The molecule has 0 aliphatic carbocycles. The van der Waals surface area contributed by atoms with Gasteiger partial charge in [0.25, 0.3) is 0 Å². The van der Waals surface area contributed by atoms with E-state index in [1.165, 1.54) is 0 Å². The van der Waals surface area contributed by atoms with Crippen molar-refractivity contribution in [3.8, 4) is 0 Å². The zero-order valence-electron chi connectivity index (χ0n) is 15.0. The minimum absolute atomic E-state index is 0.0658. The Morgan fingerprint density at radius 1 is 1.13 bits per heavy atom. The Morgan fingerprint density at radius 3 is 2.50 bits per heavy atom. The fraction of sp³-hybridized carbons (Fsp3) is 0.312. The van der Waals surface area contributed by atoms with Gasteiger partial charge in [0.1, 0.15) is 5.82 Å². The summed E-state index contributed by atoms with van der Waals surface area (Å²) >= 11 is 0. The van der Waals surface area contributed by atoms with Crippen LogP contribution in [0.25, 0.3) is 0 Å². The number of fused-ring (bicyclic) bond motifs is 1. The van der Waals surface area contributed by atoms with E-state index in [9.17, 15) is 31.1 Å². The first kappa shape index (κ1) is 21.3. The predicted octanol–water partition coefficient (Wildman–Crippen LogP) is 2.51. The van der Waals surface area contributed by atoms with Crippen LogP contribution in [0.15, 0.2) is 34.2 Å². The summed E-state index contributed by atoms with van der Waals surface area (Å²) in [4.78, 5) is 13.7. The maximum atomic E-state index is 13.8. The third-order valence-corrected chi connectivity index (χ3v) is 4.26. The number of halogens is 6. The van der Waals surface area contributed by atoms with Gasteiger partial charge in [0, 0.05) is 31.7 Å². The van der Waals surface area contributed by atoms with E-state index in [2.05, 4.69) is 20.5 Å². The number of nitrogens with two attached hydrogens (primary N) is 1. The molecular formula is C16H13F6N7O. The van der Waals surface area contributed by atoms with Crippen LogP contribution < -0.4 is 5.84 Å². The molecule has 0 atom stereocenters. The summed E-state index contributed by atoms with van der Waals surface area (Å²) in [5.41, 5.74) is -0.469. The molecule has 2 heterocycles. The van der Waals surface area contributed by atoms with Crippen molar-refractivity contribution in [3.63, 3.8) is 0 Å². The van der Waals surface area contributed by atoms with Crippen LogP contribution in [0.2, 0.25) is 0 Å². The molecule has 1 aliphatic heterocycles. The number of hydrogen-bond acceptors (Lipinski definition) is 5. The number of amides is 1. The number of aromatic nitrogens is 3. The lowest BCUT2D eigenvalue weighted by Crippen LogP contribution is -2.38. The van der Waals surface area contributed by atoms with Gasteiger partial charge in [0.2, 0.25) is 11.7 Å². The average molecular weight is 433 g/mol. The van der Waals surface area contributed by atoms with Crippen LogP contribution >= 0.6 is 0 Å². The van der Waals surface area contributed by atoms with Gasteiger partial charge in [0.15, 0.2) is 17.5 Å². The van der Waals surface area contributed by atoms with Gasteiger partial charge in [0.05, 0.1) is 12.2 Å². The molecule has 14 heteroatoms. The van der Waals surface area contributed by atoms with E-state index < -0.39 is 41.8 Å². The number of allylic oxidation sites excluding steroid dienone is 1. The van der Waals surface area contributed by atoms with Crippen LogP contribution in [0.3, 0.4) is 0 Å². The Hall–Kier alpha value is -3.45. The molecule has 0 unspecified atom stereocenters. The number of hydrogen-bond donors (Lipinski definition) is 1. The van der Waals surface area contributed by atoms with Crippen LogP contribution in [0.5, 0.6) is 0 Å². The van der Waals surface area contributed by atoms with E-state index in [0.29, 0.717) is 12.1 Å². The van der Waals surface area contributed by atoms with Crippen molar-refractivity contribution in [2.24, 2.45) is 16.2 Å². The van der Waals surface area contributed by atoms with Crippen LogP contribution in [0.4, 0.5) is 26.3 Å². The second-order valence-corrected chi connectivity index (χ2v) is 6.23. The van der Waals surface area contributed by atoms with Gasteiger partial charge in [-0.1, -0.05) is 5.22 Å². The normalized spacial score (nSPS) is 15.0. The zero-order valence-corrected chi connectivity index (χ0v) is 15.0. The van der Waals surface area contributed by atoms with Crippen molar-refractivity contribution in [3.05, 3.63) is 58.6 Å². The van der Waals surface area contributed by atoms with Gasteiger partial charge >= 0.3 is 6.18 Å². The summed E-state index contributed by atoms with van der Waals surface area (Å²) in [6, 6.07) is 0.955. The van der Waals surface area contributed by atoms with E-state index in [1.54, 1.807) is 0 Å². The molecule has 0 bridgehead atoms. The first-order valence-electron chi connectivity index (χ1n) is 8.33. The highest BCUT2D eigenvalue weighted by Gasteiger charge is 2.39. The summed E-state index contributed by atoms with van der Waals surface area (Å²) in [5, 5.41) is 13.1. The van der Waals surface area contributed by atoms with Crippen molar-refractivity contribution in [1.29, 1.82) is 0 Å². The second kappa shape index (κ2) is 8.12. The van der Waals surface area contributed by atoms with E-state index in [4.69, 9.17) is 5.84 Å². The molecule has 1 aromatic heterocycles. The highest BCUT2D eigenvalue weighted by Crippen LogP contribution is 2.29. The number of benzene rings is 1. The lowest BCUT2D eigenvalue weighted by atomic mass is 10.1. The number of carbonyl (C=O) groups is 1. The fourth-order valence-corrected chi connectivity index (χ4v) is 2.87. The molecule has 1 aliphatic rings. The van der Waals surface area contributed by atoms with Crippen LogP contribution in [-0.4, -0.2) is 32.1 Å². The number of nitrogens with zero attached hydrogens (tertiary/aromatic N) is 6. The largest absolute Gasteiger partial charge is 0.451 e. The monoisotopic (exact) mass is 433 g/mol. The van der Waals surface area contributed by atoms with Gasteiger partial charge in [-0.3, -0.25) is 4.79 Å². The molecule has 3 rings (SSSR count). The van der Waals surface area contributed by atoms with Crippen LogP contribution in [-0.2, 0) is 30.5 Å². The minimum Gasteiger partial charge on any atom is -0.330 e. The van der Waals surface area contributed by atoms with Crippen molar-refractivity contribution in [1.82, 2.24) is 19.7 Å². The molecule has 0 fully saturated rings. The second-order valence-electron chi connectivity index (χ2n) is 6.23. The highest BCUT2D eigenvalue weighted by atomic mass is 19.4. The molecular weight excluding hydrogens is 420 g/mol. The molecule has 0 saturated heterocycles. The molecule has 2 aromatic rings. The maximum Gasteiger partial charge on any atom is 0.451 e. The number of rotatable bonds is 4. The lowest BCUT2D eigenvalue weighted by Gasteiger charge is -2.27. The standard InChI is InChI=1S/C16H13F6N7O/c17-10-6-12(19)11(18)4-8(10)3-9(24-27-23)5-14(30)28-1-2-29-13(7-28)25-26-15(29)16(20,21)22/h4-6H,1-3,7H2,(H2,23,24)/b9-5-. The molecule has 160 valence electrons. The first-order valence-corrected chi connectivity index (χ1v) is 8.33. The van der Waals surface area contributed by atoms with Gasteiger partial charge < -0.3 is 15.3 Å². The third-order valence-electron chi connectivity index (χ3n) is 4.26. The van der Waals surface area contributed by atoms with Crippen molar-refractivity contribution >= 4 is 5.91 Å². The lowest BCUT2D eigenvalue weighted by molar-refractivity contribution is -0.148. The smallest absolute Gasteiger partial charge is 0.330 e. The number of carbonyl (C=O) groups excluding carboxylic acids is 1.